The van der Waals surface area contributed by atoms with Gasteiger partial charge in [-0.05, 0) is 0 Å². The first kappa shape index (κ1) is 35.3. The molecular formula is C10F22O5. The van der Waals surface area contributed by atoms with Crippen molar-refractivity contribution in [3.8, 4) is 0 Å². The van der Waals surface area contributed by atoms with Crippen LogP contribution >= 0.6 is 0 Å². The lowest BCUT2D eigenvalue weighted by Crippen LogP contribution is -2.59. The minimum Gasteiger partial charge on any atom is -0.241 e. The maximum Gasteiger partial charge on any atom is 0.495 e. The number of hydrogen-bond donors (Lipinski definition) is 0. The van der Waals surface area contributed by atoms with Crippen LogP contribution in [0, 0.1) is 0 Å². The van der Waals surface area contributed by atoms with E-state index in [0.29, 0.717) is 0 Å². The summed E-state index contributed by atoms with van der Waals surface area (Å²) in [7, 11) is 0. The van der Waals surface area contributed by atoms with Crippen LogP contribution < -0.4 is 0 Å². The van der Waals surface area contributed by atoms with Crippen LogP contribution in [0.15, 0.2) is 0 Å². The van der Waals surface area contributed by atoms with E-state index < -0.39 is 61.6 Å². The molecule has 37 heavy (non-hydrogen) atoms. The summed E-state index contributed by atoms with van der Waals surface area (Å²) in [4.78, 5) is 0. The van der Waals surface area contributed by atoms with Crippen LogP contribution in [-0.2, 0) is 23.7 Å². The van der Waals surface area contributed by atoms with Gasteiger partial charge in [-0.25, -0.2) is 23.7 Å². The van der Waals surface area contributed by atoms with E-state index in [9.17, 15) is 96.6 Å². The van der Waals surface area contributed by atoms with Crippen LogP contribution in [0.1, 0.15) is 0 Å². The first-order valence-electron chi connectivity index (χ1n) is 7.20. The van der Waals surface area contributed by atoms with Gasteiger partial charge >= 0.3 is 61.6 Å². The molecule has 0 unspecified atom stereocenters. The van der Waals surface area contributed by atoms with Crippen LogP contribution in [0.5, 0.6) is 0 Å². The summed E-state index contributed by atoms with van der Waals surface area (Å²) in [5.41, 5.74) is 0. The maximum atomic E-state index is 13.0. The highest BCUT2D eigenvalue weighted by Crippen LogP contribution is 2.51. The summed E-state index contributed by atoms with van der Waals surface area (Å²) in [6.45, 7) is 0. The predicted molar refractivity (Wildman–Crippen MR) is 57.1 cm³/mol. The number of hydrogen-bond acceptors (Lipinski definition) is 5. The molecule has 0 amide bonds. The Bertz CT molecular complexity index is 718. The fourth-order valence-corrected chi connectivity index (χ4v) is 1.15. The van der Waals surface area contributed by atoms with Crippen molar-refractivity contribution in [2.75, 3.05) is 0 Å². The summed E-state index contributed by atoms with van der Waals surface area (Å²) in [5, 5.41) is 0. The van der Waals surface area contributed by atoms with E-state index in [4.69, 9.17) is 0 Å². The number of rotatable bonds is 12. The molecule has 0 fully saturated rings. The van der Waals surface area contributed by atoms with Gasteiger partial charge in [0.1, 0.15) is 0 Å². The van der Waals surface area contributed by atoms with E-state index in [-0.39, 0.29) is 0 Å². The molecule has 224 valence electrons. The van der Waals surface area contributed by atoms with Crippen LogP contribution in [0.25, 0.3) is 0 Å². The summed E-state index contributed by atoms with van der Waals surface area (Å²) >= 11 is 0. The molecule has 0 saturated carbocycles. The van der Waals surface area contributed by atoms with Gasteiger partial charge in [0.25, 0.3) is 0 Å². The normalized spacial score (nSPS) is 16.4. The van der Waals surface area contributed by atoms with E-state index in [0.717, 1.165) is 0 Å². The first-order chi connectivity index (χ1) is 15.5. The maximum absolute atomic E-state index is 13.0. The third kappa shape index (κ3) is 8.63. The second-order valence-electron chi connectivity index (χ2n) is 5.53. The summed E-state index contributed by atoms with van der Waals surface area (Å²) in [6, 6.07) is 0. The van der Waals surface area contributed by atoms with Gasteiger partial charge in [0, 0.05) is 0 Å². The van der Waals surface area contributed by atoms with E-state index >= 15 is 0 Å². The summed E-state index contributed by atoms with van der Waals surface area (Å²) in [5.74, 6) is 0. The highest BCUT2D eigenvalue weighted by molar-refractivity contribution is 4.76. The topological polar surface area (TPSA) is 46.2 Å². The van der Waals surface area contributed by atoms with Crippen molar-refractivity contribution >= 4 is 0 Å². The van der Waals surface area contributed by atoms with Gasteiger partial charge in [-0.3, -0.25) is 0 Å². The van der Waals surface area contributed by atoms with Gasteiger partial charge in [-0.1, -0.05) is 0 Å². The molecule has 0 atom stereocenters. The molecule has 0 aromatic rings. The molecule has 0 radical (unpaired) electrons. The second kappa shape index (κ2) is 9.47. The Morgan fingerprint density at radius 2 is 0.378 bits per heavy atom. The molecule has 0 heterocycles. The average Bonchev–Trinajstić information content (AvgIpc) is 2.46. The number of halogens is 22. The predicted octanol–water partition coefficient (Wildman–Crippen LogP) is 6.85. The van der Waals surface area contributed by atoms with Gasteiger partial charge < -0.3 is 0 Å². The molecular weight excluding hydrogens is 618 g/mol. The Morgan fingerprint density at radius 3 is 0.568 bits per heavy atom. The van der Waals surface area contributed by atoms with Gasteiger partial charge in [-0.2, -0.15) is 79.0 Å². The smallest absolute Gasteiger partial charge is 0.241 e. The van der Waals surface area contributed by atoms with Gasteiger partial charge in [0.2, 0.25) is 0 Å². The molecule has 0 aliphatic rings. The molecule has 0 aliphatic heterocycles. The van der Waals surface area contributed by atoms with Crippen molar-refractivity contribution in [3.63, 3.8) is 0 Å². The monoisotopic (exact) mass is 618 g/mol. The number of ether oxygens (including phenoxy) is 5. The Kier molecular flexibility index (Phi) is 9.03. The second-order valence-corrected chi connectivity index (χ2v) is 5.53. The Morgan fingerprint density at radius 1 is 0.216 bits per heavy atom. The lowest BCUT2D eigenvalue weighted by atomic mass is 10.5. The Hall–Kier alpha value is -1.74. The largest absolute Gasteiger partial charge is 0.495 e. The van der Waals surface area contributed by atoms with Crippen LogP contribution in [-0.4, -0.2) is 61.6 Å². The fourth-order valence-electron chi connectivity index (χ4n) is 1.15. The quantitative estimate of drug-likeness (QED) is 0.177. The minimum absolute atomic E-state index is 1.23. The highest BCUT2D eigenvalue weighted by atomic mass is 19.4. The van der Waals surface area contributed by atoms with Crippen LogP contribution in [0.3, 0.4) is 0 Å². The third-order valence-corrected chi connectivity index (χ3v) is 2.58. The molecule has 0 bridgehead atoms. The summed E-state index contributed by atoms with van der Waals surface area (Å²) < 4.78 is 281. The van der Waals surface area contributed by atoms with E-state index in [1.807, 2.05) is 0 Å². The average molecular weight is 618 g/mol. The molecule has 0 rings (SSSR count). The number of alkyl halides is 22. The van der Waals surface area contributed by atoms with Crippen LogP contribution in [0.2, 0.25) is 0 Å². The molecule has 0 saturated heterocycles. The zero-order valence-corrected chi connectivity index (χ0v) is 15.4. The van der Waals surface area contributed by atoms with E-state index in [1.165, 1.54) is 23.7 Å². The van der Waals surface area contributed by atoms with Gasteiger partial charge in [-0.15, -0.1) is 17.6 Å². The Labute approximate surface area is 183 Å². The van der Waals surface area contributed by atoms with Crippen molar-refractivity contribution in [2.24, 2.45) is 0 Å². The SMILES string of the molecule is FC(F)(OC(F)(F)C(F)(F)F)OC(F)(F)C(F)(F)OC(F)(F)C(F)(F)OC(F)(F)OC(F)(F)C(F)(F)F. The minimum atomic E-state index is -7.82. The van der Waals surface area contributed by atoms with E-state index in [2.05, 4.69) is 0 Å². The van der Waals surface area contributed by atoms with Crippen molar-refractivity contribution in [3.05, 3.63) is 0 Å². The van der Waals surface area contributed by atoms with Crippen LogP contribution in [0.4, 0.5) is 96.6 Å². The van der Waals surface area contributed by atoms with Crippen molar-refractivity contribution in [1.82, 2.24) is 0 Å². The van der Waals surface area contributed by atoms with Crippen molar-refractivity contribution in [1.29, 1.82) is 0 Å². The van der Waals surface area contributed by atoms with Crippen molar-refractivity contribution < 1.29 is 120 Å². The molecule has 0 aromatic carbocycles. The van der Waals surface area contributed by atoms with Gasteiger partial charge in [0.15, 0.2) is 0 Å². The Balaban J connectivity index is 5.86. The molecule has 27 heteroatoms. The molecule has 0 spiro atoms. The summed E-state index contributed by atoms with van der Waals surface area (Å²) in [6.07, 6.45) is -74.5. The molecule has 5 nitrogen and oxygen atoms in total. The lowest BCUT2D eigenvalue weighted by molar-refractivity contribution is -0.604. The zero-order valence-electron chi connectivity index (χ0n) is 15.4. The zero-order chi connectivity index (χ0) is 30.5. The van der Waals surface area contributed by atoms with Crippen molar-refractivity contribution in [2.45, 2.75) is 61.6 Å². The molecule has 0 aromatic heterocycles. The highest BCUT2D eigenvalue weighted by Gasteiger charge is 2.76. The standard InChI is InChI=1S/C10F22O5/c11-1(12,13)3(17,18)34-9(29,30)36-7(25,26)5(21,22)33-6(23,24)8(27,28)37-10(31,32)35-4(19,20)2(14,15)16. The molecule has 0 aliphatic carbocycles. The molecule has 0 N–H and O–H groups in total. The first-order valence-corrected chi connectivity index (χ1v) is 7.20. The van der Waals surface area contributed by atoms with E-state index in [1.54, 1.807) is 0 Å². The fraction of sp³-hybridized carbons (Fsp3) is 1.00. The third-order valence-electron chi connectivity index (χ3n) is 2.58. The van der Waals surface area contributed by atoms with Gasteiger partial charge in [0.05, 0.1) is 0 Å². The lowest BCUT2D eigenvalue weighted by Gasteiger charge is -2.34.